The summed E-state index contributed by atoms with van der Waals surface area (Å²) in [6, 6.07) is 10.9. The van der Waals surface area contributed by atoms with Gasteiger partial charge in [0.25, 0.3) is 0 Å². The summed E-state index contributed by atoms with van der Waals surface area (Å²) in [5.74, 6) is 0. The maximum absolute atomic E-state index is 3.69. The van der Waals surface area contributed by atoms with Crippen LogP contribution in [-0.4, -0.2) is 4.21 Å². The summed E-state index contributed by atoms with van der Waals surface area (Å²) in [6.45, 7) is 18.2. The van der Waals surface area contributed by atoms with E-state index in [4.69, 9.17) is 0 Å². The minimum atomic E-state index is 0. The molecule has 2 aromatic rings. The standard InChI is InChI=1S/C23H29.C5H7.CH2.2ClH.Zr/c1-14-9-16-11-17-10-15(2)21(23(6,7)8)13-19(17)18(16)12-20(14)22(3,4)5;1-2-4-5-3-1;;;;/h9,12-13H,11H2,1-8H3;1H,2,4-5H2;1H2;2*1H;/q2*-1;;;;+2/p-2. The summed E-state index contributed by atoms with van der Waals surface area (Å²) >= 11 is 1.30. The van der Waals surface area contributed by atoms with Crippen LogP contribution < -0.4 is 24.8 Å². The molecule has 0 aliphatic heterocycles. The van der Waals surface area contributed by atoms with Crippen LogP contribution in [0.1, 0.15) is 94.2 Å². The van der Waals surface area contributed by atoms with Crippen LogP contribution in [0.4, 0.5) is 0 Å². The van der Waals surface area contributed by atoms with Gasteiger partial charge in [0.1, 0.15) is 0 Å². The maximum atomic E-state index is 3.69. The van der Waals surface area contributed by atoms with Gasteiger partial charge in [-0.1, -0.05) is 84.4 Å². The Bertz CT molecular complexity index is 854. The number of fused-ring (bicyclic) bond motifs is 3. The first-order valence-electron chi connectivity index (χ1n) is 11.1. The van der Waals surface area contributed by atoms with E-state index in [-0.39, 0.29) is 35.6 Å². The number of benzene rings is 2. The van der Waals surface area contributed by atoms with Gasteiger partial charge >= 0.3 is 28.4 Å². The van der Waals surface area contributed by atoms with Crippen LogP contribution >= 0.6 is 0 Å². The molecule has 0 heterocycles. The molecule has 0 N–H and O–H groups in total. The van der Waals surface area contributed by atoms with Crippen molar-refractivity contribution in [3.63, 3.8) is 0 Å². The SMILES string of the molecule is Cc1[c-]c2c(cc1C(C)(C)C)-c1cc(C(C)(C)C)c(C)cc1C2.[C-]1=CCCC1.[CH2]=[Zr+2].[Cl-].[Cl-]. The van der Waals surface area contributed by atoms with Gasteiger partial charge in [0.15, 0.2) is 0 Å². The van der Waals surface area contributed by atoms with Crippen molar-refractivity contribution in [1.29, 1.82) is 0 Å². The molecule has 0 fully saturated rings. The average molecular weight is 549 g/mol. The minimum Gasteiger partial charge on any atom is -1.00 e. The van der Waals surface area contributed by atoms with E-state index in [0.29, 0.717) is 0 Å². The van der Waals surface area contributed by atoms with Crippen molar-refractivity contribution in [3.05, 3.63) is 69.8 Å². The predicted octanol–water partition coefficient (Wildman–Crippen LogP) is 1.77. The summed E-state index contributed by atoms with van der Waals surface area (Å²) in [4.78, 5) is 0. The molecule has 0 amide bonds. The van der Waals surface area contributed by atoms with E-state index in [9.17, 15) is 0 Å². The molecular weight excluding hydrogens is 510 g/mol. The van der Waals surface area contributed by atoms with Gasteiger partial charge in [-0.25, -0.2) is 0 Å². The molecule has 2 aromatic carbocycles. The molecule has 0 nitrogen and oxygen atoms in total. The Morgan fingerprint density at radius 1 is 0.844 bits per heavy atom. The number of hydrogen-bond donors (Lipinski definition) is 0. The molecule has 0 saturated carbocycles. The Morgan fingerprint density at radius 3 is 1.84 bits per heavy atom. The third-order valence-electron chi connectivity index (χ3n) is 5.89. The third-order valence-corrected chi connectivity index (χ3v) is 5.89. The van der Waals surface area contributed by atoms with Crippen molar-refractivity contribution in [2.75, 3.05) is 0 Å². The number of halogens is 2. The van der Waals surface area contributed by atoms with Gasteiger partial charge in [0.05, 0.1) is 0 Å². The maximum Gasteiger partial charge on any atom is -1.00 e. The Morgan fingerprint density at radius 2 is 1.41 bits per heavy atom. The number of aryl methyl sites for hydroxylation is 2. The van der Waals surface area contributed by atoms with Gasteiger partial charge < -0.3 is 30.9 Å². The van der Waals surface area contributed by atoms with E-state index in [0.717, 1.165) is 6.42 Å². The summed E-state index contributed by atoms with van der Waals surface area (Å²) in [7, 11) is 0. The topological polar surface area (TPSA) is 0 Å². The molecule has 0 saturated heterocycles. The number of allylic oxidation sites excluding steroid dienone is 2. The quantitative estimate of drug-likeness (QED) is 0.376. The van der Waals surface area contributed by atoms with Crippen molar-refractivity contribution in [1.82, 2.24) is 0 Å². The van der Waals surface area contributed by atoms with Gasteiger partial charge in [-0.2, -0.15) is 24.1 Å². The van der Waals surface area contributed by atoms with Crippen LogP contribution in [0, 0.1) is 26.0 Å². The van der Waals surface area contributed by atoms with Crippen molar-refractivity contribution in [3.8, 4) is 11.1 Å². The largest absolute Gasteiger partial charge is 1.00 e. The fraction of sp³-hybridized carbons (Fsp3) is 0.483. The second kappa shape index (κ2) is 12.8. The Hall–Kier alpha value is -0.487. The smallest absolute Gasteiger partial charge is 1.00 e. The van der Waals surface area contributed by atoms with Crippen molar-refractivity contribution in [2.24, 2.45) is 0 Å². The molecule has 32 heavy (non-hydrogen) atoms. The number of hydrogen-bond acceptors (Lipinski definition) is 0. The first-order valence-corrected chi connectivity index (χ1v) is 12.8. The van der Waals surface area contributed by atoms with E-state index >= 15 is 0 Å². The number of rotatable bonds is 0. The van der Waals surface area contributed by atoms with E-state index in [1.54, 1.807) is 0 Å². The van der Waals surface area contributed by atoms with Gasteiger partial charge in [-0.05, 0) is 35.4 Å². The molecule has 3 heteroatoms. The monoisotopic (exact) mass is 546 g/mol. The second-order valence-corrected chi connectivity index (χ2v) is 10.5. The molecule has 2 aliphatic carbocycles. The van der Waals surface area contributed by atoms with E-state index in [1.165, 1.54) is 88.0 Å². The zero-order chi connectivity index (χ0) is 22.7. The van der Waals surface area contributed by atoms with Crippen LogP contribution in [0.3, 0.4) is 0 Å². The van der Waals surface area contributed by atoms with E-state index in [2.05, 4.69) is 96.0 Å². The molecule has 0 unspecified atom stereocenters. The molecule has 0 bridgehead atoms. The van der Waals surface area contributed by atoms with Crippen molar-refractivity contribution in [2.45, 2.75) is 91.9 Å². The molecule has 4 rings (SSSR count). The first kappa shape index (κ1) is 31.5. The molecule has 2 aliphatic rings. The normalized spacial score (nSPS) is 13.4. The fourth-order valence-electron chi connectivity index (χ4n) is 4.53. The van der Waals surface area contributed by atoms with E-state index < -0.39 is 0 Å². The van der Waals surface area contributed by atoms with E-state index in [1.807, 2.05) is 0 Å². The van der Waals surface area contributed by atoms with Crippen molar-refractivity contribution < 1.29 is 49.0 Å². The van der Waals surface area contributed by atoms with Gasteiger partial charge in [0.2, 0.25) is 0 Å². The summed E-state index contributed by atoms with van der Waals surface area (Å²) in [6.07, 6.45) is 10.0. The summed E-state index contributed by atoms with van der Waals surface area (Å²) < 4.78 is 3.34. The van der Waals surface area contributed by atoms with Crippen molar-refractivity contribution >= 4 is 4.21 Å². The Balaban J connectivity index is 0.000000929. The Kier molecular flexibility index (Phi) is 12.6. The van der Waals surface area contributed by atoms with Crippen LogP contribution in [0.2, 0.25) is 0 Å². The van der Waals surface area contributed by atoms with Crippen LogP contribution in [0.25, 0.3) is 11.1 Å². The second-order valence-electron chi connectivity index (χ2n) is 10.5. The average Bonchev–Trinajstić information content (AvgIpc) is 3.31. The zero-order valence-electron chi connectivity index (χ0n) is 21.1. The predicted molar refractivity (Wildman–Crippen MR) is 129 cm³/mol. The first-order chi connectivity index (χ1) is 14.0. The Labute approximate surface area is 224 Å². The molecule has 0 spiro atoms. The molecular formula is C29H38Cl2Zr-2. The van der Waals surface area contributed by atoms with Crippen LogP contribution in [-0.2, 0) is 41.5 Å². The van der Waals surface area contributed by atoms with Gasteiger partial charge in [-0.15, -0.1) is 16.7 Å². The molecule has 0 radical (unpaired) electrons. The summed E-state index contributed by atoms with van der Waals surface area (Å²) in [5.41, 5.74) is 11.6. The molecule has 0 aromatic heterocycles. The van der Waals surface area contributed by atoms with Crippen LogP contribution in [0.5, 0.6) is 0 Å². The van der Waals surface area contributed by atoms with Gasteiger partial charge in [-0.3, -0.25) is 6.08 Å². The minimum absolute atomic E-state index is 0. The molecule has 174 valence electrons. The third kappa shape index (κ3) is 7.51. The van der Waals surface area contributed by atoms with Gasteiger partial charge in [0, 0.05) is 0 Å². The fourth-order valence-corrected chi connectivity index (χ4v) is 4.53. The van der Waals surface area contributed by atoms with Crippen LogP contribution in [0.15, 0.2) is 24.3 Å². The molecule has 0 atom stereocenters. The zero-order valence-corrected chi connectivity index (χ0v) is 25.1. The summed E-state index contributed by atoms with van der Waals surface area (Å²) in [5, 5.41) is 0.